The smallest absolute Gasteiger partial charge is 0.117 e. The molecule has 2 aromatic rings. The highest BCUT2D eigenvalue weighted by atomic mass is 16.3. The average molecular weight is 284 g/mol. The molecule has 0 amide bonds. The summed E-state index contributed by atoms with van der Waals surface area (Å²) in [6.07, 6.45) is 2.92. The molecule has 0 saturated heterocycles. The lowest BCUT2D eigenvalue weighted by Gasteiger charge is -2.39. The largest absolute Gasteiger partial charge is 0.468 e. The highest BCUT2D eigenvalue weighted by molar-refractivity contribution is 5.56. The fourth-order valence-corrected chi connectivity index (χ4v) is 3.18. The van der Waals surface area contributed by atoms with Crippen molar-refractivity contribution >= 4 is 5.69 Å². The van der Waals surface area contributed by atoms with Crippen molar-refractivity contribution in [1.82, 2.24) is 5.32 Å². The van der Waals surface area contributed by atoms with Crippen LogP contribution in [-0.4, -0.2) is 19.1 Å². The zero-order chi connectivity index (χ0) is 14.7. The van der Waals surface area contributed by atoms with Crippen LogP contribution in [0.1, 0.15) is 25.2 Å². The van der Waals surface area contributed by atoms with Gasteiger partial charge in [0.15, 0.2) is 0 Å². The summed E-state index contributed by atoms with van der Waals surface area (Å²) in [5.74, 6) is 1.71. The van der Waals surface area contributed by atoms with E-state index in [2.05, 4.69) is 48.3 Å². The summed E-state index contributed by atoms with van der Waals surface area (Å²) in [5.41, 5.74) is 2.89. The molecule has 1 N–H and O–H groups in total. The standard InChI is InChI=1S/C18H24N2O/c1-14-10-16-6-3-4-8-18(16)20(13-14)15(2)11-19-12-17-7-5-9-21-17/h3-9,14-15,19H,10-13H2,1-2H3. The monoisotopic (exact) mass is 284 g/mol. The molecule has 0 bridgehead atoms. The van der Waals surface area contributed by atoms with Crippen LogP contribution in [0.25, 0.3) is 0 Å². The van der Waals surface area contributed by atoms with E-state index in [1.165, 1.54) is 17.7 Å². The van der Waals surface area contributed by atoms with E-state index < -0.39 is 0 Å². The molecule has 0 radical (unpaired) electrons. The number of furan rings is 1. The van der Waals surface area contributed by atoms with Crippen molar-refractivity contribution in [2.45, 2.75) is 32.9 Å². The first-order valence-electron chi connectivity index (χ1n) is 7.81. The molecule has 112 valence electrons. The molecule has 1 aromatic carbocycles. The summed E-state index contributed by atoms with van der Waals surface area (Å²) in [6, 6.07) is 13.2. The van der Waals surface area contributed by atoms with Crippen molar-refractivity contribution in [3.63, 3.8) is 0 Å². The van der Waals surface area contributed by atoms with Gasteiger partial charge in [-0.25, -0.2) is 0 Å². The van der Waals surface area contributed by atoms with Gasteiger partial charge in [0.2, 0.25) is 0 Å². The van der Waals surface area contributed by atoms with Crippen molar-refractivity contribution < 1.29 is 4.42 Å². The van der Waals surface area contributed by atoms with E-state index in [1.54, 1.807) is 6.26 Å². The van der Waals surface area contributed by atoms with E-state index in [4.69, 9.17) is 4.42 Å². The van der Waals surface area contributed by atoms with Gasteiger partial charge in [0.25, 0.3) is 0 Å². The van der Waals surface area contributed by atoms with E-state index in [9.17, 15) is 0 Å². The van der Waals surface area contributed by atoms with E-state index >= 15 is 0 Å². The van der Waals surface area contributed by atoms with Crippen molar-refractivity contribution in [3.8, 4) is 0 Å². The lowest BCUT2D eigenvalue weighted by atomic mass is 9.93. The lowest BCUT2D eigenvalue weighted by molar-refractivity contribution is 0.450. The Morgan fingerprint density at radius 1 is 1.29 bits per heavy atom. The normalized spacial score (nSPS) is 19.3. The van der Waals surface area contributed by atoms with Crippen LogP contribution >= 0.6 is 0 Å². The van der Waals surface area contributed by atoms with Gasteiger partial charge in [-0.2, -0.15) is 0 Å². The number of hydrogen-bond donors (Lipinski definition) is 1. The van der Waals surface area contributed by atoms with Crippen LogP contribution in [0.15, 0.2) is 47.1 Å². The maximum atomic E-state index is 5.36. The summed E-state index contributed by atoms with van der Waals surface area (Å²) in [4.78, 5) is 2.54. The van der Waals surface area contributed by atoms with Gasteiger partial charge < -0.3 is 14.6 Å². The minimum Gasteiger partial charge on any atom is -0.468 e. The fraction of sp³-hybridized carbons (Fsp3) is 0.444. The van der Waals surface area contributed by atoms with E-state index in [0.29, 0.717) is 12.0 Å². The molecule has 0 spiro atoms. The van der Waals surface area contributed by atoms with E-state index in [0.717, 1.165) is 25.4 Å². The number of benzene rings is 1. The Hall–Kier alpha value is -1.74. The van der Waals surface area contributed by atoms with Gasteiger partial charge in [0.1, 0.15) is 5.76 Å². The number of para-hydroxylation sites is 1. The highest BCUT2D eigenvalue weighted by Gasteiger charge is 2.24. The van der Waals surface area contributed by atoms with E-state index in [-0.39, 0.29) is 0 Å². The molecule has 3 nitrogen and oxygen atoms in total. The molecule has 1 aliphatic rings. The quantitative estimate of drug-likeness (QED) is 0.911. The summed E-state index contributed by atoms with van der Waals surface area (Å²) >= 11 is 0. The van der Waals surface area contributed by atoms with Gasteiger partial charge in [0.05, 0.1) is 12.8 Å². The third-order valence-electron chi connectivity index (χ3n) is 4.23. The molecular formula is C18H24N2O. The van der Waals surface area contributed by atoms with Crippen LogP contribution in [0.5, 0.6) is 0 Å². The van der Waals surface area contributed by atoms with Crippen LogP contribution in [0.3, 0.4) is 0 Å². The molecule has 2 heterocycles. The number of nitrogens with one attached hydrogen (secondary N) is 1. The average Bonchev–Trinajstić information content (AvgIpc) is 2.99. The third kappa shape index (κ3) is 3.30. The second-order valence-electron chi connectivity index (χ2n) is 6.15. The second-order valence-corrected chi connectivity index (χ2v) is 6.15. The van der Waals surface area contributed by atoms with Gasteiger partial charge >= 0.3 is 0 Å². The summed E-state index contributed by atoms with van der Waals surface area (Å²) in [7, 11) is 0. The van der Waals surface area contributed by atoms with Crippen molar-refractivity contribution in [3.05, 3.63) is 54.0 Å². The van der Waals surface area contributed by atoms with Gasteiger partial charge in [-0.1, -0.05) is 25.1 Å². The topological polar surface area (TPSA) is 28.4 Å². The van der Waals surface area contributed by atoms with Crippen LogP contribution < -0.4 is 10.2 Å². The predicted molar refractivity (Wildman–Crippen MR) is 86.5 cm³/mol. The number of fused-ring (bicyclic) bond motifs is 1. The number of anilines is 1. The van der Waals surface area contributed by atoms with Crippen LogP contribution in [0.2, 0.25) is 0 Å². The van der Waals surface area contributed by atoms with Crippen LogP contribution in [-0.2, 0) is 13.0 Å². The zero-order valence-electron chi connectivity index (χ0n) is 12.9. The van der Waals surface area contributed by atoms with Crippen molar-refractivity contribution in [2.24, 2.45) is 5.92 Å². The minimum atomic E-state index is 0.476. The first kappa shape index (κ1) is 14.2. The van der Waals surface area contributed by atoms with Crippen molar-refractivity contribution in [1.29, 1.82) is 0 Å². The molecule has 1 aromatic heterocycles. The molecule has 21 heavy (non-hydrogen) atoms. The fourth-order valence-electron chi connectivity index (χ4n) is 3.18. The van der Waals surface area contributed by atoms with Crippen molar-refractivity contribution in [2.75, 3.05) is 18.0 Å². The summed E-state index contributed by atoms with van der Waals surface area (Å²) in [5, 5.41) is 3.50. The minimum absolute atomic E-state index is 0.476. The molecule has 0 saturated carbocycles. The summed E-state index contributed by atoms with van der Waals surface area (Å²) < 4.78 is 5.36. The lowest BCUT2D eigenvalue weighted by Crippen LogP contribution is -2.45. The Morgan fingerprint density at radius 3 is 2.95 bits per heavy atom. The van der Waals surface area contributed by atoms with Gasteiger partial charge in [-0.05, 0) is 43.0 Å². The Balaban J connectivity index is 1.62. The van der Waals surface area contributed by atoms with Gasteiger partial charge in [0, 0.05) is 24.8 Å². The molecule has 3 heteroatoms. The Kier molecular flexibility index (Phi) is 4.30. The molecule has 0 aliphatic carbocycles. The SMILES string of the molecule is CC1Cc2ccccc2N(C(C)CNCc2ccco2)C1. The third-order valence-corrected chi connectivity index (χ3v) is 4.23. The Bertz CT molecular complexity index is 564. The molecule has 2 atom stereocenters. The number of hydrogen-bond acceptors (Lipinski definition) is 3. The molecule has 2 unspecified atom stereocenters. The first-order valence-corrected chi connectivity index (χ1v) is 7.81. The maximum Gasteiger partial charge on any atom is 0.117 e. The van der Waals surface area contributed by atoms with E-state index in [1.807, 2.05) is 12.1 Å². The van der Waals surface area contributed by atoms with Crippen LogP contribution in [0, 0.1) is 5.92 Å². The Labute approximate surface area is 127 Å². The maximum absolute atomic E-state index is 5.36. The summed E-state index contributed by atoms with van der Waals surface area (Å²) in [6.45, 7) is 7.53. The zero-order valence-corrected chi connectivity index (χ0v) is 12.9. The Morgan fingerprint density at radius 2 is 2.14 bits per heavy atom. The first-order chi connectivity index (χ1) is 10.2. The molecule has 1 aliphatic heterocycles. The molecule has 0 fully saturated rings. The number of nitrogens with zero attached hydrogens (tertiary/aromatic N) is 1. The molecular weight excluding hydrogens is 260 g/mol. The second kappa shape index (κ2) is 6.35. The van der Waals surface area contributed by atoms with Gasteiger partial charge in [-0.3, -0.25) is 0 Å². The van der Waals surface area contributed by atoms with Crippen LogP contribution in [0.4, 0.5) is 5.69 Å². The van der Waals surface area contributed by atoms with Gasteiger partial charge in [-0.15, -0.1) is 0 Å². The highest BCUT2D eigenvalue weighted by Crippen LogP contribution is 2.30. The number of rotatable bonds is 5. The predicted octanol–water partition coefficient (Wildman–Crippen LogP) is 3.46. The molecule has 3 rings (SSSR count).